The third-order valence-corrected chi connectivity index (χ3v) is 2.33. The summed E-state index contributed by atoms with van der Waals surface area (Å²) >= 11 is 0. The van der Waals surface area contributed by atoms with Crippen molar-refractivity contribution in [2.24, 2.45) is 5.92 Å². The van der Waals surface area contributed by atoms with Gasteiger partial charge in [-0.2, -0.15) is 0 Å². The molecule has 0 aliphatic heterocycles. The van der Waals surface area contributed by atoms with E-state index < -0.39 is 0 Å². The van der Waals surface area contributed by atoms with E-state index in [0.717, 1.165) is 0 Å². The van der Waals surface area contributed by atoms with E-state index in [0.29, 0.717) is 5.92 Å². The fourth-order valence-electron chi connectivity index (χ4n) is 1.55. The van der Waals surface area contributed by atoms with Crippen molar-refractivity contribution in [3.8, 4) is 0 Å². The number of likely N-dealkylation sites (N-methyl/N-ethyl adjacent to an activating group) is 2. The molecule has 66 valence electrons. The van der Waals surface area contributed by atoms with E-state index in [4.69, 9.17) is 0 Å². The summed E-state index contributed by atoms with van der Waals surface area (Å²) in [6.07, 6.45) is 1.96. The van der Waals surface area contributed by atoms with Gasteiger partial charge >= 0.3 is 0 Å². The number of nitrogens with zero attached hydrogens (tertiary/aromatic N) is 1. The van der Waals surface area contributed by atoms with Gasteiger partial charge in [-0.1, -0.05) is 26.5 Å². The highest BCUT2D eigenvalue weighted by Gasteiger charge is 2.30. The lowest BCUT2D eigenvalue weighted by atomic mass is 9.95. The Hall–Kier alpha value is -0.340. The highest BCUT2D eigenvalue weighted by atomic mass is 15.3. The zero-order valence-electron chi connectivity index (χ0n) is 8.31. The molecule has 0 saturated heterocycles. The minimum absolute atomic E-state index is 0.0694. The fourth-order valence-corrected chi connectivity index (χ4v) is 1.55. The van der Waals surface area contributed by atoms with Crippen LogP contribution in [0.1, 0.15) is 13.8 Å². The van der Waals surface area contributed by atoms with E-state index in [2.05, 4.69) is 44.7 Å². The molecule has 0 heterocycles. The molecule has 0 spiro atoms. The minimum Gasteiger partial charge on any atom is -0.299 e. The zero-order chi connectivity index (χ0) is 9.07. The molecule has 1 unspecified atom stereocenters. The van der Waals surface area contributed by atoms with Crippen molar-refractivity contribution < 1.29 is 0 Å². The molecule has 2 heteroatoms. The normalized spacial score (nSPS) is 17.0. The van der Waals surface area contributed by atoms with E-state index >= 15 is 0 Å². The fraction of sp³-hybridized carbons (Fsp3) is 0.778. The molecule has 0 bridgehead atoms. The second kappa shape index (κ2) is 3.88. The Bertz CT molecular complexity index is 120. The average Bonchev–Trinajstić information content (AvgIpc) is 1.90. The van der Waals surface area contributed by atoms with Crippen LogP contribution in [0.5, 0.6) is 0 Å². The zero-order valence-corrected chi connectivity index (χ0v) is 8.31. The van der Waals surface area contributed by atoms with Crippen molar-refractivity contribution in [1.29, 1.82) is 0 Å². The Kier molecular flexibility index (Phi) is 3.76. The maximum Gasteiger partial charge on any atom is 0.0917 e. The third-order valence-electron chi connectivity index (χ3n) is 2.33. The van der Waals surface area contributed by atoms with Crippen LogP contribution in [0, 0.1) is 5.92 Å². The highest BCUT2D eigenvalue weighted by Crippen LogP contribution is 2.19. The van der Waals surface area contributed by atoms with Crippen molar-refractivity contribution in [2.75, 3.05) is 21.1 Å². The number of rotatable bonds is 4. The molecule has 0 radical (unpaired) electrons. The number of hydrogen-bond donors (Lipinski definition) is 1. The average molecular weight is 156 g/mol. The van der Waals surface area contributed by atoms with Gasteiger partial charge in [-0.3, -0.25) is 10.2 Å². The van der Waals surface area contributed by atoms with E-state index in [-0.39, 0.29) is 5.66 Å². The molecule has 11 heavy (non-hydrogen) atoms. The summed E-state index contributed by atoms with van der Waals surface area (Å²) < 4.78 is 0. The van der Waals surface area contributed by atoms with Crippen LogP contribution in [-0.4, -0.2) is 31.7 Å². The first-order valence-corrected chi connectivity index (χ1v) is 4.01. The first-order valence-electron chi connectivity index (χ1n) is 4.01. The van der Waals surface area contributed by atoms with Crippen molar-refractivity contribution in [1.82, 2.24) is 10.2 Å². The van der Waals surface area contributed by atoms with Gasteiger partial charge in [-0.25, -0.2) is 0 Å². The lowest BCUT2D eigenvalue weighted by molar-refractivity contribution is 0.117. The lowest BCUT2D eigenvalue weighted by Crippen LogP contribution is -2.56. The second-order valence-electron chi connectivity index (χ2n) is 3.33. The summed E-state index contributed by atoms with van der Waals surface area (Å²) in [6, 6.07) is 0. The van der Waals surface area contributed by atoms with Gasteiger partial charge in [0.25, 0.3) is 0 Å². The van der Waals surface area contributed by atoms with E-state index in [9.17, 15) is 0 Å². The number of hydrogen-bond acceptors (Lipinski definition) is 2. The quantitative estimate of drug-likeness (QED) is 0.487. The molecule has 0 aromatic rings. The van der Waals surface area contributed by atoms with Gasteiger partial charge in [0.05, 0.1) is 5.66 Å². The Labute approximate surface area is 70.3 Å². The van der Waals surface area contributed by atoms with Crippen LogP contribution in [0.25, 0.3) is 0 Å². The predicted octanol–water partition coefficient (Wildman–Crippen LogP) is 1.31. The molecule has 0 saturated carbocycles. The third kappa shape index (κ3) is 1.82. The van der Waals surface area contributed by atoms with Crippen LogP contribution in [-0.2, 0) is 0 Å². The van der Waals surface area contributed by atoms with Gasteiger partial charge in [0.1, 0.15) is 0 Å². The van der Waals surface area contributed by atoms with Crippen molar-refractivity contribution in [3.63, 3.8) is 0 Å². The molecule has 1 N–H and O–H groups in total. The topological polar surface area (TPSA) is 15.3 Å². The summed E-state index contributed by atoms with van der Waals surface area (Å²) in [5.41, 5.74) is -0.0694. The standard InChI is InChI=1S/C9H20N2/c1-7-9(10-4,8(2)3)11(5)6/h7-8,10H,1H2,2-6H3. The SMILES string of the molecule is C=CC(NC)(C(C)C)N(C)C. The first kappa shape index (κ1) is 10.7. The van der Waals surface area contributed by atoms with Gasteiger partial charge in [0.2, 0.25) is 0 Å². The molecule has 0 fully saturated rings. The maximum atomic E-state index is 3.84. The summed E-state index contributed by atoms with van der Waals surface area (Å²) in [4.78, 5) is 2.14. The van der Waals surface area contributed by atoms with Crippen LogP contribution in [0.3, 0.4) is 0 Å². The number of nitrogens with one attached hydrogen (secondary N) is 1. The molecule has 0 aromatic carbocycles. The second-order valence-corrected chi connectivity index (χ2v) is 3.33. The molecule has 0 rings (SSSR count). The minimum atomic E-state index is -0.0694. The van der Waals surface area contributed by atoms with Crippen LogP contribution in [0.15, 0.2) is 12.7 Å². The first-order chi connectivity index (χ1) is 5.01. The van der Waals surface area contributed by atoms with Crippen LogP contribution in [0.2, 0.25) is 0 Å². The van der Waals surface area contributed by atoms with Crippen molar-refractivity contribution in [2.45, 2.75) is 19.5 Å². The Morgan fingerprint density at radius 2 is 1.91 bits per heavy atom. The molecular formula is C9H20N2. The van der Waals surface area contributed by atoms with E-state index in [1.165, 1.54) is 0 Å². The molecule has 0 aliphatic rings. The molecular weight excluding hydrogens is 136 g/mol. The summed E-state index contributed by atoms with van der Waals surface area (Å²) in [6.45, 7) is 8.20. The highest BCUT2D eigenvalue weighted by molar-refractivity contribution is 5.01. The molecule has 0 aliphatic carbocycles. The van der Waals surface area contributed by atoms with Crippen molar-refractivity contribution >= 4 is 0 Å². The summed E-state index contributed by atoms with van der Waals surface area (Å²) in [5.74, 6) is 0.514. The summed E-state index contributed by atoms with van der Waals surface area (Å²) in [7, 11) is 6.07. The van der Waals surface area contributed by atoms with Crippen molar-refractivity contribution in [3.05, 3.63) is 12.7 Å². The monoisotopic (exact) mass is 156 g/mol. The summed E-state index contributed by atoms with van der Waals surface area (Å²) in [5, 5.41) is 3.27. The van der Waals surface area contributed by atoms with Gasteiger partial charge in [-0.15, -0.1) is 0 Å². The molecule has 1 atom stereocenters. The maximum absolute atomic E-state index is 3.84. The van der Waals surface area contributed by atoms with Crippen LogP contribution in [0.4, 0.5) is 0 Å². The van der Waals surface area contributed by atoms with Gasteiger partial charge in [0, 0.05) is 0 Å². The van der Waals surface area contributed by atoms with E-state index in [1.807, 2.05) is 13.1 Å². The Morgan fingerprint density at radius 3 is 1.91 bits per heavy atom. The van der Waals surface area contributed by atoms with Gasteiger partial charge in [-0.05, 0) is 27.1 Å². The van der Waals surface area contributed by atoms with Gasteiger partial charge in [0.15, 0.2) is 0 Å². The lowest BCUT2D eigenvalue weighted by Gasteiger charge is -2.40. The molecule has 2 nitrogen and oxygen atoms in total. The predicted molar refractivity (Wildman–Crippen MR) is 50.5 cm³/mol. The Balaban J connectivity index is 4.60. The largest absolute Gasteiger partial charge is 0.299 e. The smallest absolute Gasteiger partial charge is 0.0917 e. The van der Waals surface area contributed by atoms with E-state index in [1.54, 1.807) is 0 Å². The Morgan fingerprint density at radius 1 is 1.45 bits per heavy atom. The van der Waals surface area contributed by atoms with Gasteiger partial charge < -0.3 is 0 Å². The molecule has 0 aromatic heterocycles. The van der Waals surface area contributed by atoms with Crippen LogP contribution < -0.4 is 5.32 Å². The molecule has 0 amide bonds. The van der Waals surface area contributed by atoms with Crippen LogP contribution >= 0.6 is 0 Å².